The Morgan fingerprint density at radius 3 is 2.55 bits per heavy atom. The van der Waals surface area contributed by atoms with Crippen molar-refractivity contribution in [1.82, 2.24) is 21.3 Å². The van der Waals surface area contributed by atoms with Crippen molar-refractivity contribution in [3.63, 3.8) is 0 Å². The topological polar surface area (TPSA) is 79.2 Å². The summed E-state index contributed by atoms with van der Waals surface area (Å²) in [6, 6.07) is 6.03. The van der Waals surface area contributed by atoms with Gasteiger partial charge in [-0.2, -0.15) is 0 Å². The lowest BCUT2D eigenvalue weighted by atomic mass is 10.2. The fraction of sp³-hybridized carbons (Fsp3) is 0.214. The van der Waals surface area contributed by atoms with Gasteiger partial charge in [-0.25, -0.2) is 4.39 Å². The smallest absolute Gasteiger partial charge is 0.275 e. The second-order valence-electron chi connectivity index (χ2n) is 4.59. The summed E-state index contributed by atoms with van der Waals surface area (Å²) in [7, 11) is 0. The molecule has 1 aromatic heterocycles. The summed E-state index contributed by atoms with van der Waals surface area (Å²) in [6.45, 7) is 3.74. The molecule has 0 fully saturated rings. The maximum atomic E-state index is 12.8. The van der Waals surface area contributed by atoms with E-state index < -0.39 is 0 Å². The van der Waals surface area contributed by atoms with Crippen molar-refractivity contribution < 1.29 is 13.7 Å². The average Bonchev–Trinajstić information content (AvgIpc) is 2.83. The second-order valence-corrected chi connectivity index (χ2v) is 5.00. The van der Waals surface area contributed by atoms with Gasteiger partial charge in [0.2, 0.25) is 0 Å². The van der Waals surface area contributed by atoms with Gasteiger partial charge in [0.25, 0.3) is 5.91 Å². The van der Waals surface area contributed by atoms with Crippen molar-refractivity contribution in [2.45, 2.75) is 20.4 Å². The normalized spacial score (nSPS) is 10.1. The summed E-state index contributed by atoms with van der Waals surface area (Å²) in [6.07, 6.45) is 0. The van der Waals surface area contributed by atoms with Crippen molar-refractivity contribution in [3.8, 4) is 0 Å². The molecule has 3 N–H and O–H groups in total. The molecule has 0 spiro atoms. The third-order valence-electron chi connectivity index (χ3n) is 2.92. The Balaban J connectivity index is 1.80. The number of hydrogen-bond donors (Lipinski definition) is 3. The molecule has 0 atom stereocenters. The van der Waals surface area contributed by atoms with E-state index in [1.807, 2.05) is 0 Å². The molecule has 1 heterocycles. The first-order valence-electron chi connectivity index (χ1n) is 6.49. The number of nitrogens with zero attached hydrogens (tertiary/aromatic N) is 1. The minimum Gasteiger partial charge on any atom is -0.361 e. The van der Waals surface area contributed by atoms with E-state index in [9.17, 15) is 9.18 Å². The fourth-order valence-corrected chi connectivity index (χ4v) is 1.94. The Bertz CT molecular complexity index is 665. The highest BCUT2D eigenvalue weighted by Gasteiger charge is 2.17. The van der Waals surface area contributed by atoms with Gasteiger partial charge in [-0.1, -0.05) is 17.3 Å². The van der Waals surface area contributed by atoms with Crippen LogP contribution in [0.15, 0.2) is 28.8 Å². The summed E-state index contributed by atoms with van der Waals surface area (Å²) in [5.74, 6) is -0.250. The number of hydrazine groups is 1. The molecular formula is C14H15FN4O2S. The molecule has 0 unspecified atom stereocenters. The van der Waals surface area contributed by atoms with Crippen molar-refractivity contribution in [2.75, 3.05) is 0 Å². The van der Waals surface area contributed by atoms with E-state index in [0.717, 1.165) is 5.56 Å². The van der Waals surface area contributed by atoms with Crippen molar-refractivity contribution in [1.29, 1.82) is 0 Å². The summed E-state index contributed by atoms with van der Waals surface area (Å²) in [4.78, 5) is 12.0. The number of benzene rings is 1. The maximum absolute atomic E-state index is 12.8. The van der Waals surface area contributed by atoms with Crippen molar-refractivity contribution in [2.24, 2.45) is 0 Å². The molecule has 1 aromatic carbocycles. The number of halogens is 1. The van der Waals surface area contributed by atoms with Crippen molar-refractivity contribution >= 4 is 23.2 Å². The summed E-state index contributed by atoms with van der Waals surface area (Å²) < 4.78 is 17.7. The highest BCUT2D eigenvalue weighted by Crippen LogP contribution is 2.11. The average molecular weight is 322 g/mol. The molecular weight excluding hydrogens is 307 g/mol. The van der Waals surface area contributed by atoms with Crippen LogP contribution in [-0.4, -0.2) is 16.2 Å². The zero-order valence-electron chi connectivity index (χ0n) is 12.1. The summed E-state index contributed by atoms with van der Waals surface area (Å²) >= 11 is 5.04. The van der Waals surface area contributed by atoms with Gasteiger partial charge in [0, 0.05) is 6.54 Å². The molecule has 22 heavy (non-hydrogen) atoms. The van der Waals surface area contributed by atoms with Gasteiger partial charge in [0.15, 0.2) is 5.11 Å². The van der Waals surface area contributed by atoms with E-state index in [0.29, 0.717) is 23.6 Å². The van der Waals surface area contributed by atoms with E-state index in [2.05, 4.69) is 21.3 Å². The molecule has 0 aliphatic heterocycles. The lowest BCUT2D eigenvalue weighted by Crippen LogP contribution is -2.46. The molecule has 1 amide bonds. The number of carbonyl (C=O) groups excluding carboxylic acids is 1. The standard InChI is InChI=1S/C14H15FN4O2S/c1-8-12(9(2)21-19-8)13(20)17-18-14(22)16-7-10-3-5-11(15)6-4-10/h3-6H,7H2,1-2H3,(H,17,20)(H2,16,18,22). The van der Waals surface area contributed by atoms with E-state index >= 15 is 0 Å². The number of nitrogens with one attached hydrogen (secondary N) is 3. The highest BCUT2D eigenvalue weighted by atomic mass is 32.1. The Kier molecular flexibility index (Phi) is 5.05. The Labute approximate surface area is 132 Å². The molecule has 116 valence electrons. The molecule has 0 bridgehead atoms. The van der Waals surface area contributed by atoms with Crippen LogP contribution in [0.2, 0.25) is 0 Å². The van der Waals surface area contributed by atoms with Gasteiger partial charge in [-0.05, 0) is 43.8 Å². The lowest BCUT2D eigenvalue weighted by molar-refractivity contribution is 0.0941. The van der Waals surface area contributed by atoms with E-state index in [1.165, 1.54) is 12.1 Å². The number of carbonyl (C=O) groups is 1. The first kappa shape index (κ1) is 15.9. The predicted molar refractivity (Wildman–Crippen MR) is 82.4 cm³/mol. The van der Waals surface area contributed by atoms with Gasteiger partial charge in [-0.3, -0.25) is 15.6 Å². The lowest BCUT2D eigenvalue weighted by Gasteiger charge is -2.11. The van der Waals surface area contributed by atoms with Crippen LogP contribution in [0.25, 0.3) is 0 Å². The van der Waals surface area contributed by atoms with Gasteiger partial charge < -0.3 is 9.84 Å². The Morgan fingerprint density at radius 2 is 1.95 bits per heavy atom. The Hall–Kier alpha value is -2.48. The first-order chi connectivity index (χ1) is 10.5. The van der Waals surface area contributed by atoms with Crippen LogP contribution in [0.1, 0.15) is 27.4 Å². The SMILES string of the molecule is Cc1noc(C)c1C(=O)NNC(=S)NCc1ccc(F)cc1. The van der Waals surface area contributed by atoms with Crippen LogP contribution in [0.3, 0.4) is 0 Å². The second kappa shape index (κ2) is 6.99. The molecule has 0 saturated heterocycles. The third-order valence-corrected chi connectivity index (χ3v) is 3.16. The van der Waals surface area contributed by atoms with Gasteiger partial charge in [0.05, 0.1) is 5.69 Å². The zero-order valence-corrected chi connectivity index (χ0v) is 12.9. The number of hydrogen-bond acceptors (Lipinski definition) is 4. The molecule has 0 aliphatic carbocycles. The van der Waals surface area contributed by atoms with Crippen molar-refractivity contribution in [3.05, 3.63) is 52.7 Å². The van der Waals surface area contributed by atoms with Crippen LogP contribution in [0.4, 0.5) is 4.39 Å². The van der Waals surface area contributed by atoms with Crippen LogP contribution in [0, 0.1) is 19.7 Å². The molecule has 2 aromatic rings. The fourth-order valence-electron chi connectivity index (χ4n) is 1.81. The molecule has 0 saturated carbocycles. The van der Waals surface area contributed by atoms with Crippen LogP contribution in [0.5, 0.6) is 0 Å². The van der Waals surface area contributed by atoms with Gasteiger partial charge in [0.1, 0.15) is 17.1 Å². The summed E-state index contributed by atoms with van der Waals surface area (Å²) in [5.41, 5.74) is 6.78. The Morgan fingerprint density at radius 1 is 1.27 bits per heavy atom. The molecule has 6 nitrogen and oxygen atoms in total. The first-order valence-corrected chi connectivity index (χ1v) is 6.89. The molecule has 2 rings (SSSR count). The minimum absolute atomic E-state index is 0.240. The minimum atomic E-state index is -0.387. The largest absolute Gasteiger partial charge is 0.361 e. The van der Waals surface area contributed by atoms with E-state index in [4.69, 9.17) is 16.7 Å². The van der Waals surface area contributed by atoms with E-state index in [-0.39, 0.29) is 16.8 Å². The molecule has 0 aliphatic rings. The number of thiocarbonyl (C=S) groups is 1. The molecule has 0 radical (unpaired) electrons. The quantitative estimate of drug-likeness (QED) is 0.590. The third kappa shape index (κ3) is 4.01. The predicted octanol–water partition coefficient (Wildman–Crippen LogP) is 1.74. The summed E-state index contributed by atoms with van der Waals surface area (Å²) in [5, 5.41) is 6.84. The monoisotopic (exact) mass is 322 g/mol. The highest BCUT2D eigenvalue weighted by molar-refractivity contribution is 7.80. The number of aromatic nitrogens is 1. The number of amides is 1. The van der Waals surface area contributed by atoms with Gasteiger partial charge in [-0.15, -0.1) is 0 Å². The van der Waals surface area contributed by atoms with E-state index in [1.54, 1.807) is 26.0 Å². The van der Waals surface area contributed by atoms with Crippen LogP contribution >= 0.6 is 12.2 Å². The van der Waals surface area contributed by atoms with Crippen LogP contribution in [-0.2, 0) is 6.54 Å². The van der Waals surface area contributed by atoms with Crippen LogP contribution < -0.4 is 16.2 Å². The zero-order chi connectivity index (χ0) is 16.1. The number of rotatable bonds is 3. The maximum Gasteiger partial charge on any atom is 0.275 e. The number of aryl methyl sites for hydroxylation is 2. The van der Waals surface area contributed by atoms with Gasteiger partial charge >= 0.3 is 0 Å². The molecule has 8 heteroatoms.